The first-order chi connectivity index (χ1) is 15.1. The molecule has 0 aliphatic heterocycles. The average Bonchev–Trinajstić information content (AvgIpc) is 3.43. The van der Waals surface area contributed by atoms with Gasteiger partial charge in [0.2, 0.25) is 5.95 Å². The third kappa shape index (κ3) is 4.90. The first kappa shape index (κ1) is 19.8. The van der Waals surface area contributed by atoms with Gasteiger partial charge in [-0.25, -0.2) is 14.3 Å². The lowest BCUT2D eigenvalue weighted by Gasteiger charge is -2.06. The van der Waals surface area contributed by atoms with Crippen LogP contribution in [-0.2, 0) is 13.3 Å². The van der Waals surface area contributed by atoms with E-state index in [1.165, 1.54) is 35.4 Å². The van der Waals surface area contributed by atoms with Gasteiger partial charge < -0.3 is 4.74 Å². The van der Waals surface area contributed by atoms with Gasteiger partial charge >= 0.3 is 5.69 Å². The van der Waals surface area contributed by atoms with E-state index in [9.17, 15) is 14.9 Å². The number of nitro benzene ring substituents is 1. The number of anilines is 1. The van der Waals surface area contributed by atoms with Gasteiger partial charge in [-0.05, 0) is 17.7 Å². The summed E-state index contributed by atoms with van der Waals surface area (Å²) in [6, 6.07) is 17.3. The monoisotopic (exact) mass is 419 g/mol. The number of carbonyl (C=O) groups excluding carboxylic acids is 1. The zero-order valence-corrected chi connectivity index (χ0v) is 16.2. The molecule has 0 fully saturated rings. The number of hydrogen-bond donors (Lipinski definition) is 1. The van der Waals surface area contributed by atoms with Crippen LogP contribution in [0.1, 0.15) is 16.1 Å². The van der Waals surface area contributed by atoms with E-state index in [1.807, 2.05) is 30.3 Å². The number of carbonyl (C=O) groups is 1. The molecule has 0 unspecified atom stereocenters. The van der Waals surface area contributed by atoms with Crippen molar-refractivity contribution in [2.45, 2.75) is 13.3 Å². The van der Waals surface area contributed by atoms with Crippen molar-refractivity contribution in [3.05, 3.63) is 94.6 Å². The number of amides is 1. The second kappa shape index (κ2) is 8.86. The van der Waals surface area contributed by atoms with Crippen molar-refractivity contribution < 1.29 is 14.5 Å². The maximum absolute atomic E-state index is 12.4. The highest BCUT2D eigenvalue weighted by Crippen LogP contribution is 2.25. The van der Waals surface area contributed by atoms with Gasteiger partial charge in [0, 0.05) is 12.3 Å². The molecular formula is C20H17N7O4. The molecule has 0 saturated carbocycles. The predicted octanol–water partition coefficient (Wildman–Crippen LogP) is 2.72. The van der Waals surface area contributed by atoms with Crippen LogP contribution in [0.3, 0.4) is 0 Å². The Morgan fingerprint density at radius 1 is 1.03 bits per heavy atom. The number of nitro groups is 1. The molecular weight excluding hydrogens is 402 g/mol. The fraction of sp³-hybridized carbons (Fsp3) is 0.100. The molecule has 1 N–H and O–H groups in total. The van der Waals surface area contributed by atoms with Crippen molar-refractivity contribution in [2.75, 3.05) is 5.32 Å². The Balaban J connectivity index is 1.35. The van der Waals surface area contributed by atoms with Gasteiger partial charge in [0.25, 0.3) is 5.91 Å². The Kier molecular flexibility index (Phi) is 5.65. The van der Waals surface area contributed by atoms with Gasteiger partial charge in [-0.1, -0.05) is 42.5 Å². The lowest BCUT2D eigenvalue weighted by molar-refractivity contribution is -0.386. The molecule has 0 aliphatic carbocycles. The summed E-state index contributed by atoms with van der Waals surface area (Å²) in [6.07, 6.45) is 3.06. The number of aromatic nitrogens is 5. The smallest absolute Gasteiger partial charge is 0.311 e. The van der Waals surface area contributed by atoms with Crippen molar-refractivity contribution in [1.29, 1.82) is 0 Å². The molecule has 11 nitrogen and oxygen atoms in total. The molecule has 1 amide bonds. The van der Waals surface area contributed by atoms with E-state index < -0.39 is 10.8 Å². The number of hydrogen-bond acceptors (Lipinski definition) is 7. The number of nitrogens with zero attached hydrogens (tertiary/aromatic N) is 6. The molecule has 0 bridgehead atoms. The molecule has 2 heterocycles. The summed E-state index contributed by atoms with van der Waals surface area (Å²) in [5.41, 5.74) is 1.04. The van der Waals surface area contributed by atoms with Crippen LogP contribution in [0.2, 0.25) is 0 Å². The molecule has 0 spiro atoms. The molecule has 4 aromatic rings. The summed E-state index contributed by atoms with van der Waals surface area (Å²) in [7, 11) is 0. The largest absolute Gasteiger partial charge is 0.464 e. The van der Waals surface area contributed by atoms with Gasteiger partial charge in [-0.15, -0.1) is 5.10 Å². The molecule has 31 heavy (non-hydrogen) atoms. The first-order valence-corrected chi connectivity index (χ1v) is 9.23. The van der Waals surface area contributed by atoms with Crippen LogP contribution in [0.4, 0.5) is 11.6 Å². The minimum atomic E-state index is -0.527. The molecule has 4 rings (SSSR count). The highest BCUT2D eigenvalue weighted by molar-refractivity contribution is 6.01. The fourth-order valence-electron chi connectivity index (χ4n) is 2.78. The normalized spacial score (nSPS) is 10.6. The number of benzene rings is 2. The van der Waals surface area contributed by atoms with Crippen LogP contribution in [0.15, 0.2) is 73.2 Å². The van der Waals surface area contributed by atoms with E-state index in [4.69, 9.17) is 4.74 Å². The van der Waals surface area contributed by atoms with E-state index in [2.05, 4.69) is 20.5 Å². The van der Waals surface area contributed by atoms with Gasteiger partial charge in [-0.2, -0.15) is 5.10 Å². The van der Waals surface area contributed by atoms with E-state index in [0.717, 1.165) is 5.56 Å². The quantitative estimate of drug-likeness (QED) is 0.343. The Morgan fingerprint density at radius 2 is 1.81 bits per heavy atom. The first-order valence-electron chi connectivity index (χ1n) is 9.23. The Morgan fingerprint density at radius 3 is 2.61 bits per heavy atom. The van der Waals surface area contributed by atoms with E-state index >= 15 is 0 Å². The molecule has 2 aromatic carbocycles. The topological polar surface area (TPSA) is 130 Å². The standard InChI is InChI=1S/C20H17N7O4/c28-19(22-20-21-13-26(24-20)12-15-6-2-1-3-7-15)16-10-11-25(23-16)14-31-18-9-5-4-8-17(18)27(29)30/h1-11,13H,12,14H2,(H,22,24,28). The van der Waals surface area contributed by atoms with Crippen LogP contribution in [0, 0.1) is 10.1 Å². The van der Waals surface area contributed by atoms with Crippen LogP contribution < -0.4 is 10.1 Å². The summed E-state index contributed by atoms with van der Waals surface area (Å²) in [6.45, 7) is 0.434. The van der Waals surface area contributed by atoms with Gasteiger partial charge in [0.15, 0.2) is 18.2 Å². The van der Waals surface area contributed by atoms with Crippen molar-refractivity contribution in [2.24, 2.45) is 0 Å². The average molecular weight is 419 g/mol. The SMILES string of the molecule is O=C(Nc1ncn(Cc2ccccc2)n1)c1ccn(COc2ccccc2[N+](=O)[O-])n1. The van der Waals surface area contributed by atoms with Crippen LogP contribution >= 0.6 is 0 Å². The van der Waals surface area contributed by atoms with Gasteiger partial charge in [0.05, 0.1) is 11.5 Å². The molecule has 11 heteroatoms. The minimum Gasteiger partial charge on any atom is -0.464 e. The van der Waals surface area contributed by atoms with Crippen molar-refractivity contribution >= 4 is 17.5 Å². The number of nitrogens with one attached hydrogen (secondary N) is 1. The Bertz CT molecular complexity index is 1200. The Labute approximate surface area is 176 Å². The minimum absolute atomic E-state index is 0.0952. The maximum atomic E-state index is 12.4. The molecule has 0 aliphatic rings. The fourth-order valence-corrected chi connectivity index (χ4v) is 2.78. The lowest BCUT2D eigenvalue weighted by atomic mass is 10.2. The Hall–Kier alpha value is -4.54. The molecule has 0 atom stereocenters. The highest BCUT2D eigenvalue weighted by Gasteiger charge is 2.15. The molecule has 0 radical (unpaired) electrons. The van der Waals surface area contributed by atoms with Crippen molar-refractivity contribution in [3.8, 4) is 5.75 Å². The van der Waals surface area contributed by atoms with E-state index in [0.29, 0.717) is 6.54 Å². The highest BCUT2D eigenvalue weighted by atomic mass is 16.6. The van der Waals surface area contributed by atoms with Gasteiger partial charge in [-0.3, -0.25) is 20.2 Å². The summed E-state index contributed by atoms with van der Waals surface area (Å²) in [5.74, 6) is -0.212. The second-order valence-corrected chi connectivity index (χ2v) is 6.44. The van der Waals surface area contributed by atoms with Crippen molar-refractivity contribution in [3.63, 3.8) is 0 Å². The van der Waals surface area contributed by atoms with Gasteiger partial charge in [0.1, 0.15) is 6.33 Å². The third-order valence-electron chi connectivity index (χ3n) is 4.24. The summed E-state index contributed by atoms with van der Waals surface area (Å²) < 4.78 is 8.42. The number of rotatable bonds is 8. The zero-order valence-electron chi connectivity index (χ0n) is 16.2. The summed E-state index contributed by atoms with van der Waals surface area (Å²) in [5, 5.41) is 22.0. The predicted molar refractivity (Wildman–Crippen MR) is 109 cm³/mol. The molecule has 2 aromatic heterocycles. The van der Waals surface area contributed by atoms with Crippen LogP contribution in [-0.4, -0.2) is 35.4 Å². The molecule has 156 valence electrons. The van der Waals surface area contributed by atoms with Crippen molar-refractivity contribution in [1.82, 2.24) is 24.5 Å². The summed E-state index contributed by atoms with van der Waals surface area (Å²) >= 11 is 0. The van der Waals surface area contributed by atoms with Crippen LogP contribution in [0.25, 0.3) is 0 Å². The molecule has 0 saturated heterocycles. The van der Waals surface area contributed by atoms with E-state index in [1.54, 1.807) is 16.8 Å². The maximum Gasteiger partial charge on any atom is 0.311 e. The van der Waals surface area contributed by atoms with E-state index in [-0.39, 0.29) is 29.8 Å². The number of ether oxygens (including phenoxy) is 1. The van der Waals surface area contributed by atoms with Crippen LogP contribution in [0.5, 0.6) is 5.75 Å². The second-order valence-electron chi connectivity index (χ2n) is 6.44. The summed E-state index contributed by atoms with van der Waals surface area (Å²) in [4.78, 5) is 27.0. The third-order valence-corrected chi connectivity index (χ3v) is 4.24. The zero-order chi connectivity index (χ0) is 21.6. The lowest BCUT2D eigenvalue weighted by Crippen LogP contribution is -2.15. The number of para-hydroxylation sites is 2.